The first-order chi connectivity index (χ1) is 13.1. The van der Waals surface area contributed by atoms with Crippen molar-refractivity contribution in [1.29, 1.82) is 0 Å². The van der Waals surface area contributed by atoms with Crippen molar-refractivity contribution in [2.45, 2.75) is 0 Å². The lowest BCUT2D eigenvalue weighted by molar-refractivity contribution is 0.0990. The average molecular weight is 357 g/mol. The molecule has 1 amide bonds. The van der Waals surface area contributed by atoms with Gasteiger partial charge in [-0.3, -0.25) is 4.79 Å². The van der Waals surface area contributed by atoms with Crippen LogP contribution in [0.1, 0.15) is 10.4 Å². The minimum atomic E-state index is -0.263. The first-order valence-corrected chi connectivity index (χ1v) is 8.65. The maximum absolute atomic E-state index is 13.0. The van der Waals surface area contributed by atoms with E-state index in [0.29, 0.717) is 5.39 Å². The summed E-state index contributed by atoms with van der Waals surface area (Å²) in [5.41, 5.74) is 1.02. The molecule has 4 aromatic rings. The van der Waals surface area contributed by atoms with Crippen LogP contribution in [0.3, 0.4) is 0 Å². The van der Waals surface area contributed by atoms with Crippen LogP contribution in [0.4, 0.5) is 5.69 Å². The second-order valence-electron chi connectivity index (χ2n) is 6.44. The van der Waals surface area contributed by atoms with Crippen molar-refractivity contribution in [3.8, 4) is 11.5 Å². The largest absolute Gasteiger partial charge is 0.506 e. The van der Waals surface area contributed by atoms with E-state index in [1.807, 2.05) is 66.7 Å². The molecule has 0 aliphatic carbocycles. The molecule has 0 aliphatic heterocycles. The van der Waals surface area contributed by atoms with E-state index >= 15 is 0 Å². The van der Waals surface area contributed by atoms with Gasteiger partial charge in [0.2, 0.25) is 0 Å². The van der Waals surface area contributed by atoms with Gasteiger partial charge in [-0.1, -0.05) is 42.5 Å². The summed E-state index contributed by atoms with van der Waals surface area (Å²) in [4.78, 5) is 14.6. The molecule has 4 aromatic carbocycles. The van der Waals surface area contributed by atoms with E-state index in [4.69, 9.17) is 4.74 Å². The first-order valence-electron chi connectivity index (χ1n) is 8.65. The van der Waals surface area contributed by atoms with Crippen LogP contribution < -0.4 is 9.64 Å². The molecule has 0 radical (unpaired) electrons. The number of amides is 1. The van der Waals surface area contributed by atoms with Gasteiger partial charge in [-0.15, -0.1) is 0 Å². The van der Waals surface area contributed by atoms with Gasteiger partial charge in [-0.25, -0.2) is 0 Å². The summed E-state index contributed by atoms with van der Waals surface area (Å²) in [7, 11) is 3.33. The SMILES string of the molecule is COc1ccc2ccc(N(C)C(=O)c3ccc4ccccc4c3O)cc2c1. The number of aromatic hydroxyl groups is 1. The molecule has 0 spiro atoms. The number of hydrogen-bond acceptors (Lipinski definition) is 3. The molecule has 0 fully saturated rings. The van der Waals surface area contributed by atoms with E-state index in [1.165, 1.54) is 0 Å². The van der Waals surface area contributed by atoms with Crippen molar-refractivity contribution in [3.63, 3.8) is 0 Å². The molecule has 0 heterocycles. The number of hydrogen-bond donors (Lipinski definition) is 1. The molecule has 4 rings (SSSR count). The lowest BCUT2D eigenvalue weighted by Gasteiger charge is -2.19. The number of methoxy groups -OCH3 is 1. The zero-order chi connectivity index (χ0) is 19.0. The van der Waals surface area contributed by atoms with Crippen LogP contribution in [0.15, 0.2) is 72.8 Å². The molecule has 0 aromatic heterocycles. The van der Waals surface area contributed by atoms with Gasteiger partial charge in [0, 0.05) is 18.1 Å². The fourth-order valence-corrected chi connectivity index (χ4v) is 3.27. The third-order valence-electron chi connectivity index (χ3n) is 4.85. The van der Waals surface area contributed by atoms with Crippen LogP contribution in [0.2, 0.25) is 0 Å². The lowest BCUT2D eigenvalue weighted by atomic mass is 10.0. The fraction of sp³-hybridized carbons (Fsp3) is 0.0870. The van der Waals surface area contributed by atoms with Gasteiger partial charge in [-0.2, -0.15) is 0 Å². The minimum absolute atomic E-state index is 0.00686. The molecule has 27 heavy (non-hydrogen) atoms. The molecule has 4 heteroatoms. The standard InChI is InChI=1S/C23H19NO3/c1-24(18-10-7-15-8-11-19(27-2)14-17(15)13-18)23(26)21-12-9-16-5-3-4-6-20(16)22(21)25/h3-14,25H,1-2H3. The summed E-state index contributed by atoms with van der Waals surface area (Å²) in [5, 5.41) is 14.2. The van der Waals surface area contributed by atoms with Crippen LogP contribution in [-0.2, 0) is 0 Å². The Morgan fingerprint density at radius 2 is 1.63 bits per heavy atom. The van der Waals surface area contributed by atoms with Gasteiger partial charge in [0.05, 0.1) is 12.7 Å². The van der Waals surface area contributed by atoms with Crippen LogP contribution in [-0.4, -0.2) is 25.2 Å². The number of nitrogens with zero attached hydrogens (tertiary/aromatic N) is 1. The van der Waals surface area contributed by atoms with Crippen molar-refractivity contribution in [1.82, 2.24) is 0 Å². The molecule has 0 saturated heterocycles. The molecule has 0 unspecified atom stereocenters. The summed E-state index contributed by atoms with van der Waals surface area (Å²) in [6, 6.07) is 22.6. The van der Waals surface area contributed by atoms with Gasteiger partial charge in [-0.05, 0) is 46.5 Å². The smallest absolute Gasteiger partial charge is 0.261 e. The topological polar surface area (TPSA) is 49.8 Å². The highest BCUT2D eigenvalue weighted by Crippen LogP contribution is 2.31. The summed E-state index contributed by atoms with van der Waals surface area (Å²) < 4.78 is 5.28. The average Bonchev–Trinajstić information content (AvgIpc) is 2.72. The van der Waals surface area contributed by atoms with Crippen LogP contribution in [0.5, 0.6) is 11.5 Å². The fourth-order valence-electron chi connectivity index (χ4n) is 3.27. The molecule has 4 nitrogen and oxygen atoms in total. The van der Waals surface area contributed by atoms with Crippen molar-refractivity contribution >= 4 is 33.1 Å². The van der Waals surface area contributed by atoms with Crippen molar-refractivity contribution in [2.75, 3.05) is 19.1 Å². The number of carbonyl (C=O) groups excluding carboxylic acids is 1. The predicted octanol–water partition coefficient (Wildman–Crippen LogP) is 4.98. The van der Waals surface area contributed by atoms with Crippen molar-refractivity contribution < 1.29 is 14.6 Å². The summed E-state index contributed by atoms with van der Waals surface area (Å²) in [6.07, 6.45) is 0. The molecule has 0 atom stereocenters. The molecule has 134 valence electrons. The molecular weight excluding hydrogens is 338 g/mol. The number of fused-ring (bicyclic) bond motifs is 2. The number of carbonyl (C=O) groups is 1. The Morgan fingerprint density at radius 3 is 2.44 bits per heavy atom. The second kappa shape index (κ2) is 6.65. The minimum Gasteiger partial charge on any atom is -0.506 e. The predicted molar refractivity (Wildman–Crippen MR) is 109 cm³/mol. The third-order valence-corrected chi connectivity index (χ3v) is 4.85. The van der Waals surface area contributed by atoms with Crippen LogP contribution in [0, 0.1) is 0 Å². The number of phenolic OH excluding ortho intramolecular Hbond substituents is 1. The summed E-state index contributed by atoms with van der Waals surface area (Å²) in [5.74, 6) is 0.508. The Bertz CT molecular complexity index is 1170. The zero-order valence-electron chi connectivity index (χ0n) is 15.1. The number of phenols is 1. The molecular formula is C23H19NO3. The first kappa shape index (κ1) is 16.9. The monoisotopic (exact) mass is 357 g/mol. The van der Waals surface area contributed by atoms with E-state index in [-0.39, 0.29) is 17.2 Å². The van der Waals surface area contributed by atoms with Gasteiger partial charge < -0.3 is 14.7 Å². The maximum Gasteiger partial charge on any atom is 0.261 e. The number of ether oxygens (including phenoxy) is 1. The van der Waals surface area contributed by atoms with Crippen LogP contribution >= 0.6 is 0 Å². The Labute approximate surface area is 157 Å². The van der Waals surface area contributed by atoms with E-state index in [9.17, 15) is 9.90 Å². The molecule has 0 aliphatic rings. The van der Waals surface area contributed by atoms with Gasteiger partial charge in [0.15, 0.2) is 0 Å². The Morgan fingerprint density at radius 1 is 0.889 bits per heavy atom. The Hall–Kier alpha value is -3.53. The van der Waals surface area contributed by atoms with E-state index in [2.05, 4.69) is 0 Å². The quantitative estimate of drug-likeness (QED) is 0.562. The highest BCUT2D eigenvalue weighted by atomic mass is 16.5. The van der Waals surface area contributed by atoms with E-state index in [0.717, 1.165) is 27.6 Å². The number of anilines is 1. The molecule has 0 bridgehead atoms. The van der Waals surface area contributed by atoms with E-state index in [1.54, 1.807) is 25.1 Å². The summed E-state index contributed by atoms with van der Waals surface area (Å²) in [6.45, 7) is 0. The third kappa shape index (κ3) is 2.95. The van der Waals surface area contributed by atoms with Gasteiger partial charge in [0.1, 0.15) is 11.5 Å². The van der Waals surface area contributed by atoms with E-state index < -0.39 is 0 Å². The number of rotatable bonds is 3. The van der Waals surface area contributed by atoms with Gasteiger partial charge >= 0.3 is 0 Å². The number of benzene rings is 4. The maximum atomic E-state index is 13.0. The highest BCUT2D eigenvalue weighted by Gasteiger charge is 2.19. The normalized spacial score (nSPS) is 10.9. The van der Waals surface area contributed by atoms with Gasteiger partial charge in [0.25, 0.3) is 5.91 Å². The van der Waals surface area contributed by atoms with Crippen molar-refractivity contribution in [2.24, 2.45) is 0 Å². The Balaban J connectivity index is 1.74. The van der Waals surface area contributed by atoms with Crippen molar-refractivity contribution in [3.05, 3.63) is 78.4 Å². The Kier molecular flexibility index (Phi) is 4.16. The summed E-state index contributed by atoms with van der Waals surface area (Å²) >= 11 is 0. The second-order valence-corrected chi connectivity index (χ2v) is 6.44. The zero-order valence-corrected chi connectivity index (χ0v) is 15.1. The lowest BCUT2D eigenvalue weighted by Crippen LogP contribution is -2.26. The highest BCUT2D eigenvalue weighted by molar-refractivity contribution is 6.11. The molecule has 1 N–H and O–H groups in total. The molecule has 0 saturated carbocycles. The van der Waals surface area contributed by atoms with Crippen LogP contribution in [0.25, 0.3) is 21.5 Å².